The zero-order valence-corrected chi connectivity index (χ0v) is 18.2. The van der Waals surface area contributed by atoms with Crippen LogP contribution < -0.4 is 11.1 Å². The molecule has 3 heterocycles. The van der Waals surface area contributed by atoms with Crippen LogP contribution in [0.15, 0.2) is 44.4 Å². The van der Waals surface area contributed by atoms with Gasteiger partial charge in [-0.1, -0.05) is 12.1 Å². The summed E-state index contributed by atoms with van der Waals surface area (Å²) in [6.45, 7) is 3.48. The number of carbonyl (C=O) groups excluding carboxylic acids is 1. The van der Waals surface area contributed by atoms with Gasteiger partial charge in [-0.25, -0.2) is 14.5 Å². The molecule has 0 N–H and O–H groups in total. The van der Waals surface area contributed by atoms with E-state index in [9.17, 15) is 14.4 Å². The number of nitrogens with zero attached hydrogens (tertiary/aromatic N) is 4. The van der Waals surface area contributed by atoms with Gasteiger partial charge in [0.1, 0.15) is 11.3 Å². The molecule has 0 unspecified atom stereocenters. The van der Waals surface area contributed by atoms with Crippen LogP contribution in [-0.4, -0.2) is 32.2 Å². The number of aromatic nitrogens is 4. The number of methoxy groups -OCH3 is 1. The van der Waals surface area contributed by atoms with Crippen molar-refractivity contribution in [2.24, 2.45) is 7.05 Å². The summed E-state index contributed by atoms with van der Waals surface area (Å²) in [6.07, 6.45) is 1.81. The minimum Gasteiger partial charge on any atom is -0.464 e. The molecular formula is C23H22N4O5. The SMILES string of the molecule is COC(=O)c1nc(C)cc2c(=O)n(-c3ccc(-c4c(C)on(C)c4=O)cc3)n(C3CC3)c12. The molecule has 0 radical (unpaired) electrons. The monoisotopic (exact) mass is 434 g/mol. The molecule has 0 spiro atoms. The molecule has 9 heteroatoms. The molecule has 4 aromatic rings. The predicted molar refractivity (Wildman–Crippen MR) is 117 cm³/mol. The number of esters is 1. The van der Waals surface area contributed by atoms with Gasteiger partial charge in [0.15, 0.2) is 5.69 Å². The smallest absolute Gasteiger partial charge is 0.358 e. The zero-order chi connectivity index (χ0) is 22.7. The number of rotatable bonds is 4. The highest BCUT2D eigenvalue weighted by Gasteiger charge is 2.32. The Balaban J connectivity index is 1.74. The van der Waals surface area contributed by atoms with Gasteiger partial charge in [-0.2, -0.15) is 4.74 Å². The average molecular weight is 434 g/mol. The number of carbonyl (C=O) groups is 1. The molecule has 164 valence electrons. The lowest BCUT2D eigenvalue weighted by Crippen LogP contribution is -2.21. The van der Waals surface area contributed by atoms with Gasteiger partial charge in [-0.3, -0.25) is 14.3 Å². The van der Waals surface area contributed by atoms with E-state index < -0.39 is 5.97 Å². The Hall–Kier alpha value is -3.88. The molecule has 32 heavy (non-hydrogen) atoms. The molecule has 0 amide bonds. The number of aryl methyl sites for hydroxylation is 3. The minimum absolute atomic E-state index is 0.0937. The Morgan fingerprint density at radius 1 is 1.12 bits per heavy atom. The van der Waals surface area contributed by atoms with Crippen LogP contribution in [-0.2, 0) is 11.8 Å². The molecule has 0 aliphatic heterocycles. The van der Waals surface area contributed by atoms with Gasteiger partial charge < -0.3 is 9.26 Å². The standard InChI is InChI=1S/C23H22N4O5/c1-12-11-17-20(19(24-12)23(30)31-4)26(15-9-10-15)27(21(17)28)16-7-5-14(6-8-16)18-13(2)32-25(3)22(18)29/h5-8,11,15H,9-10H2,1-4H3. The first kappa shape index (κ1) is 20.0. The topological polar surface area (TPSA) is 101 Å². The van der Waals surface area contributed by atoms with Crippen LogP contribution in [0.4, 0.5) is 0 Å². The summed E-state index contributed by atoms with van der Waals surface area (Å²) in [6, 6.07) is 8.96. The highest BCUT2D eigenvalue weighted by Crippen LogP contribution is 2.38. The fourth-order valence-electron chi connectivity index (χ4n) is 4.22. The van der Waals surface area contributed by atoms with Crippen molar-refractivity contribution in [3.63, 3.8) is 0 Å². The summed E-state index contributed by atoms with van der Waals surface area (Å²) in [7, 11) is 2.87. The second kappa shape index (κ2) is 7.08. The summed E-state index contributed by atoms with van der Waals surface area (Å²) >= 11 is 0. The normalized spacial score (nSPS) is 13.6. The Kier molecular flexibility index (Phi) is 4.44. The van der Waals surface area contributed by atoms with E-state index in [2.05, 4.69) is 4.98 Å². The molecule has 1 aliphatic carbocycles. The van der Waals surface area contributed by atoms with E-state index in [1.165, 1.54) is 11.8 Å². The third kappa shape index (κ3) is 2.92. The fraction of sp³-hybridized carbons (Fsp3) is 0.304. The number of pyridine rings is 1. The van der Waals surface area contributed by atoms with Crippen LogP contribution in [0.25, 0.3) is 27.7 Å². The quantitative estimate of drug-likeness (QED) is 0.458. The number of hydrogen-bond donors (Lipinski definition) is 0. The van der Waals surface area contributed by atoms with Gasteiger partial charge >= 0.3 is 5.97 Å². The molecule has 5 rings (SSSR count). The van der Waals surface area contributed by atoms with Gasteiger partial charge in [0.05, 0.1) is 29.8 Å². The summed E-state index contributed by atoms with van der Waals surface area (Å²) in [4.78, 5) is 42.7. The second-order valence-electron chi connectivity index (χ2n) is 8.06. The van der Waals surface area contributed by atoms with E-state index in [0.717, 1.165) is 12.8 Å². The molecule has 0 bridgehead atoms. The van der Waals surface area contributed by atoms with Crippen LogP contribution in [0.3, 0.4) is 0 Å². The van der Waals surface area contributed by atoms with Crippen molar-refractivity contribution in [2.75, 3.05) is 7.11 Å². The first-order valence-corrected chi connectivity index (χ1v) is 10.3. The van der Waals surface area contributed by atoms with Crippen LogP contribution in [0.2, 0.25) is 0 Å². The van der Waals surface area contributed by atoms with Crippen molar-refractivity contribution >= 4 is 16.9 Å². The van der Waals surface area contributed by atoms with Gasteiger partial charge in [0.2, 0.25) is 0 Å². The second-order valence-corrected chi connectivity index (χ2v) is 8.06. The fourth-order valence-corrected chi connectivity index (χ4v) is 4.22. The van der Waals surface area contributed by atoms with Crippen molar-refractivity contribution in [3.05, 3.63) is 68.2 Å². The molecule has 1 fully saturated rings. The minimum atomic E-state index is -0.577. The van der Waals surface area contributed by atoms with Crippen molar-refractivity contribution < 1.29 is 14.1 Å². The maximum Gasteiger partial charge on any atom is 0.358 e. The van der Waals surface area contributed by atoms with Crippen LogP contribution in [0.5, 0.6) is 0 Å². The van der Waals surface area contributed by atoms with E-state index in [0.29, 0.717) is 39.2 Å². The van der Waals surface area contributed by atoms with Gasteiger partial charge in [-0.05, 0) is 50.5 Å². The summed E-state index contributed by atoms with van der Waals surface area (Å²) < 4.78 is 14.9. The highest BCUT2D eigenvalue weighted by molar-refractivity contribution is 6.01. The molecule has 9 nitrogen and oxygen atoms in total. The average Bonchev–Trinajstić information content (AvgIpc) is 3.53. The molecule has 0 saturated heterocycles. The van der Waals surface area contributed by atoms with E-state index in [4.69, 9.17) is 9.26 Å². The van der Waals surface area contributed by atoms with Crippen LogP contribution in [0, 0.1) is 13.8 Å². The van der Waals surface area contributed by atoms with Crippen molar-refractivity contribution in [1.82, 2.24) is 19.1 Å². The third-order valence-corrected chi connectivity index (χ3v) is 5.79. The number of ether oxygens (including phenoxy) is 1. The lowest BCUT2D eigenvalue weighted by Gasteiger charge is -2.13. The number of fused-ring (bicyclic) bond motifs is 1. The van der Waals surface area contributed by atoms with Gasteiger partial charge in [-0.15, -0.1) is 0 Å². The largest absolute Gasteiger partial charge is 0.464 e. The van der Waals surface area contributed by atoms with Gasteiger partial charge in [0.25, 0.3) is 11.1 Å². The molecule has 1 saturated carbocycles. The Labute approximate surface area is 182 Å². The first-order chi connectivity index (χ1) is 15.3. The van der Waals surface area contributed by atoms with E-state index >= 15 is 0 Å². The molecule has 0 atom stereocenters. The predicted octanol–water partition coefficient (Wildman–Crippen LogP) is 2.88. The Bertz CT molecular complexity index is 1500. The maximum atomic E-state index is 13.5. The van der Waals surface area contributed by atoms with Crippen LogP contribution >= 0.6 is 0 Å². The van der Waals surface area contributed by atoms with E-state index in [-0.39, 0.29) is 22.9 Å². The Morgan fingerprint density at radius 2 is 1.81 bits per heavy atom. The van der Waals surface area contributed by atoms with Crippen molar-refractivity contribution in [1.29, 1.82) is 0 Å². The molecule has 1 aromatic carbocycles. The molecule has 3 aromatic heterocycles. The van der Waals surface area contributed by atoms with E-state index in [1.807, 2.05) is 4.68 Å². The van der Waals surface area contributed by atoms with Crippen molar-refractivity contribution in [2.45, 2.75) is 32.7 Å². The first-order valence-electron chi connectivity index (χ1n) is 10.3. The van der Waals surface area contributed by atoms with Crippen LogP contribution in [0.1, 0.15) is 40.8 Å². The molecule has 1 aliphatic rings. The third-order valence-electron chi connectivity index (χ3n) is 5.79. The molecular weight excluding hydrogens is 412 g/mol. The Morgan fingerprint density at radius 3 is 2.38 bits per heavy atom. The number of benzene rings is 1. The van der Waals surface area contributed by atoms with Gasteiger partial charge in [0, 0.05) is 12.7 Å². The van der Waals surface area contributed by atoms with E-state index in [1.54, 1.807) is 55.9 Å². The summed E-state index contributed by atoms with van der Waals surface area (Å²) in [5.41, 5.74) is 2.56. The highest BCUT2D eigenvalue weighted by atomic mass is 16.5. The summed E-state index contributed by atoms with van der Waals surface area (Å²) in [5, 5.41) is 0.424. The lowest BCUT2D eigenvalue weighted by molar-refractivity contribution is 0.0595. The van der Waals surface area contributed by atoms with Crippen molar-refractivity contribution in [3.8, 4) is 16.8 Å². The lowest BCUT2D eigenvalue weighted by atomic mass is 10.1. The maximum absolute atomic E-state index is 13.5. The summed E-state index contributed by atoms with van der Waals surface area (Å²) in [5.74, 6) is -0.0503. The zero-order valence-electron chi connectivity index (χ0n) is 18.2. The number of hydrogen-bond acceptors (Lipinski definition) is 6.